The highest BCUT2D eigenvalue weighted by Crippen LogP contribution is 2.59. The second kappa shape index (κ2) is 5.33. The molecule has 23 heavy (non-hydrogen) atoms. The van der Waals surface area contributed by atoms with Gasteiger partial charge in [-0.05, 0) is 55.4 Å². The number of carboxylic acids is 1. The summed E-state index contributed by atoms with van der Waals surface area (Å²) in [6.45, 7) is 3.70. The first-order valence-electron chi connectivity index (χ1n) is 8.61. The molecule has 4 nitrogen and oxygen atoms in total. The van der Waals surface area contributed by atoms with Gasteiger partial charge in [0, 0.05) is 23.3 Å². The molecule has 124 valence electrons. The molecule has 2 fully saturated rings. The lowest BCUT2D eigenvalue weighted by atomic mass is 9.87. The first-order valence-corrected chi connectivity index (χ1v) is 9.49. The van der Waals surface area contributed by atoms with Crippen molar-refractivity contribution in [2.75, 3.05) is 13.1 Å². The number of likely N-dealkylation sites (tertiary alicyclic amines) is 1. The maximum absolute atomic E-state index is 12.9. The molecule has 1 amide bonds. The standard InChI is InChI=1S/C18H23NO3S/c1-11-2-3-12-13(10-23-15(12)8-11)16(20)19-6-4-18(5-7-19)9-14(18)17(21)22/h10-11,14H,2-9H2,1H3,(H,21,22). The number of nitrogens with zero attached hydrogens (tertiary/aromatic N) is 1. The van der Waals surface area contributed by atoms with E-state index in [-0.39, 0.29) is 17.2 Å². The van der Waals surface area contributed by atoms with Gasteiger partial charge in [0.15, 0.2) is 0 Å². The van der Waals surface area contributed by atoms with E-state index in [0.29, 0.717) is 13.1 Å². The summed E-state index contributed by atoms with van der Waals surface area (Å²) in [6, 6.07) is 0. The molecule has 1 aromatic rings. The zero-order valence-electron chi connectivity index (χ0n) is 13.5. The van der Waals surface area contributed by atoms with Crippen LogP contribution in [0, 0.1) is 17.3 Å². The largest absolute Gasteiger partial charge is 0.481 e. The minimum Gasteiger partial charge on any atom is -0.481 e. The predicted octanol–water partition coefficient (Wildman–Crippen LogP) is 3.20. The smallest absolute Gasteiger partial charge is 0.307 e. The van der Waals surface area contributed by atoms with Gasteiger partial charge in [-0.25, -0.2) is 0 Å². The number of amides is 1. The lowest BCUT2D eigenvalue weighted by molar-refractivity contribution is -0.139. The summed E-state index contributed by atoms with van der Waals surface area (Å²) in [6.07, 6.45) is 5.80. The fourth-order valence-corrected chi connectivity index (χ4v) is 5.67. The number of hydrogen-bond acceptors (Lipinski definition) is 3. The lowest BCUT2D eigenvalue weighted by Crippen LogP contribution is -2.40. The van der Waals surface area contributed by atoms with Crippen LogP contribution in [-0.4, -0.2) is 35.0 Å². The van der Waals surface area contributed by atoms with E-state index in [1.807, 2.05) is 10.3 Å². The first kappa shape index (κ1) is 15.2. The van der Waals surface area contributed by atoms with Gasteiger partial charge < -0.3 is 10.0 Å². The summed E-state index contributed by atoms with van der Waals surface area (Å²) < 4.78 is 0. The molecule has 2 atom stereocenters. The Morgan fingerprint density at radius 2 is 2.09 bits per heavy atom. The second-order valence-electron chi connectivity index (χ2n) is 7.65. The van der Waals surface area contributed by atoms with E-state index >= 15 is 0 Å². The number of fused-ring (bicyclic) bond motifs is 1. The van der Waals surface area contributed by atoms with Crippen molar-refractivity contribution < 1.29 is 14.7 Å². The zero-order chi connectivity index (χ0) is 16.2. The average Bonchev–Trinajstić information content (AvgIpc) is 3.07. The van der Waals surface area contributed by atoms with Gasteiger partial charge in [-0.15, -0.1) is 11.3 Å². The van der Waals surface area contributed by atoms with Gasteiger partial charge in [-0.3, -0.25) is 9.59 Å². The highest BCUT2D eigenvalue weighted by Gasteiger charge is 2.59. The maximum atomic E-state index is 12.9. The molecule has 0 bridgehead atoms. The highest BCUT2D eigenvalue weighted by molar-refractivity contribution is 7.10. The molecule has 2 aliphatic carbocycles. The molecule has 0 aromatic carbocycles. The third-order valence-electron chi connectivity index (χ3n) is 6.17. The SMILES string of the molecule is CC1CCc2c(C(=O)N3CCC4(CC3)CC4C(=O)O)csc2C1. The fraction of sp³-hybridized carbons (Fsp3) is 0.667. The number of carboxylic acid groups (broad SMARTS) is 1. The lowest BCUT2D eigenvalue weighted by Gasteiger charge is -2.33. The molecule has 4 rings (SSSR count). The van der Waals surface area contributed by atoms with Crippen molar-refractivity contribution in [3.05, 3.63) is 21.4 Å². The molecule has 1 saturated heterocycles. The van der Waals surface area contributed by atoms with Crippen LogP contribution in [0.25, 0.3) is 0 Å². The molecule has 1 aromatic heterocycles. The average molecular weight is 333 g/mol. The van der Waals surface area contributed by atoms with Crippen molar-refractivity contribution in [2.24, 2.45) is 17.3 Å². The Morgan fingerprint density at radius 3 is 2.74 bits per heavy atom. The predicted molar refractivity (Wildman–Crippen MR) is 88.8 cm³/mol. The fourth-order valence-electron chi connectivity index (χ4n) is 4.43. The summed E-state index contributed by atoms with van der Waals surface area (Å²) in [5.41, 5.74) is 2.19. The number of carbonyl (C=O) groups excluding carboxylic acids is 1. The van der Waals surface area contributed by atoms with E-state index < -0.39 is 5.97 Å². The second-order valence-corrected chi connectivity index (χ2v) is 8.61. The van der Waals surface area contributed by atoms with Crippen LogP contribution >= 0.6 is 11.3 Å². The van der Waals surface area contributed by atoms with Gasteiger partial charge in [-0.2, -0.15) is 0 Å². The van der Waals surface area contributed by atoms with E-state index in [1.54, 1.807) is 11.3 Å². The summed E-state index contributed by atoms with van der Waals surface area (Å²) >= 11 is 1.74. The Bertz CT molecular complexity index is 657. The van der Waals surface area contributed by atoms with E-state index in [4.69, 9.17) is 0 Å². The highest BCUT2D eigenvalue weighted by atomic mass is 32.1. The number of piperidine rings is 1. The zero-order valence-corrected chi connectivity index (χ0v) is 14.3. The number of aliphatic carboxylic acids is 1. The number of carbonyl (C=O) groups is 2. The summed E-state index contributed by atoms with van der Waals surface area (Å²) in [5, 5.41) is 11.2. The summed E-state index contributed by atoms with van der Waals surface area (Å²) in [7, 11) is 0. The van der Waals surface area contributed by atoms with E-state index in [0.717, 1.165) is 43.6 Å². The third kappa shape index (κ3) is 2.49. The van der Waals surface area contributed by atoms with Crippen LogP contribution in [0.5, 0.6) is 0 Å². The Morgan fingerprint density at radius 1 is 1.35 bits per heavy atom. The van der Waals surface area contributed by atoms with Crippen LogP contribution in [0.4, 0.5) is 0 Å². The van der Waals surface area contributed by atoms with Crippen LogP contribution in [0.3, 0.4) is 0 Å². The van der Waals surface area contributed by atoms with Crippen LogP contribution in [0.2, 0.25) is 0 Å². The van der Waals surface area contributed by atoms with Crippen molar-refractivity contribution in [1.29, 1.82) is 0 Å². The molecule has 1 spiro atoms. The Kier molecular flexibility index (Phi) is 3.52. The van der Waals surface area contributed by atoms with Gasteiger partial charge in [0.2, 0.25) is 0 Å². The molecule has 1 saturated carbocycles. The first-order chi connectivity index (χ1) is 11.0. The van der Waals surface area contributed by atoms with Crippen LogP contribution in [0.1, 0.15) is 53.4 Å². The summed E-state index contributed by atoms with van der Waals surface area (Å²) in [4.78, 5) is 27.4. The van der Waals surface area contributed by atoms with Crippen LogP contribution < -0.4 is 0 Å². The molecular formula is C18H23NO3S. The van der Waals surface area contributed by atoms with Crippen LogP contribution in [-0.2, 0) is 17.6 Å². The van der Waals surface area contributed by atoms with Crippen molar-refractivity contribution in [3.63, 3.8) is 0 Å². The normalized spacial score (nSPS) is 28.5. The van der Waals surface area contributed by atoms with E-state index in [1.165, 1.54) is 16.9 Å². The van der Waals surface area contributed by atoms with Crippen LogP contribution in [0.15, 0.2) is 5.38 Å². The van der Waals surface area contributed by atoms with E-state index in [9.17, 15) is 14.7 Å². The minimum atomic E-state index is -0.661. The van der Waals surface area contributed by atoms with Crippen molar-refractivity contribution in [3.8, 4) is 0 Å². The molecule has 0 radical (unpaired) electrons. The molecule has 2 heterocycles. The Balaban J connectivity index is 1.44. The number of hydrogen-bond donors (Lipinski definition) is 1. The van der Waals surface area contributed by atoms with Gasteiger partial charge in [0.05, 0.1) is 11.5 Å². The summed E-state index contributed by atoms with van der Waals surface area (Å²) in [5.74, 6) is 0.0575. The monoisotopic (exact) mass is 333 g/mol. The minimum absolute atomic E-state index is 0.00782. The van der Waals surface area contributed by atoms with E-state index in [2.05, 4.69) is 6.92 Å². The molecule has 1 N–H and O–H groups in total. The molecule has 3 aliphatic rings. The van der Waals surface area contributed by atoms with Crippen molar-refractivity contribution in [1.82, 2.24) is 4.90 Å². The number of thiophene rings is 1. The van der Waals surface area contributed by atoms with Gasteiger partial charge in [0.1, 0.15) is 0 Å². The van der Waals surface area contributed by atoms with Crippen molar-refractivity contribution >= 4 is 23.2 Å². The van der Waals surface area contributed by atoms with Gasteiger partial charge in [0.25, 0.3) is 5.91 Å². The quantitative estimate of drug-likeness (QED) is 0.904. The van der Waals surface area contributed by atoms with Gasteiger partial charge in [-0.1, -0.05) is 6.92 Å². The molecule has 1 aliphatic heterocycles. The number of rotatable bonds is 2. The Hall–Kier alpha value is -1.36. The molecule has 2 unspecified atom stereocenters. The van der Waals surface area contributed by atoms with Gasteiger partial charge >= 0.3 is 5.97 Å². The third-order valence-corrected chi connectivity index (χ3v) is 7.22. The molecule has 5 heteroatoms. The topological polar surface area (TPSA) is 57.6 Å². The maximum Gasteiger partial charge on any atom is 0.307 e. The molecular weight excluding hydrogens is 310 g/mol. The van der Waals surface area contributed by atoms with Crippen molar-refractivity contribution in [2.45, 2.75) is 45.4 Å². The Labute approximate surface area is 140 Å².